The molecule has 3 heteroatoms. The van der Waals surface area contributed by atoms with Crippen LogP contribution < -0.4 is 5.32 Å². The number of nitrogens with zero attached hydrogens (tertiary/aromatic N) is 2. The molecule has 0 spiro atoms. The summed E-state index contributed by atoms with van der Waals surface area (Å²) in [7, 11) is 0. The molecule has 0 bridgehead atoms. The van der Waals surface area contributed by atoms with Gasteiger partial charge in [0.15, 0.2) is 0 Å². The molecule has 0 amide bonds. The first-order chi connectivity index (χ1) is 9.27. The molecule has 0 saturated heterocycles. The molecule has 0 aliphatic rings. The fourth-order valence-corrected chi connectivity index (χ4v) is 1.93. The highest BCUT2D eigenvalue weighted by Crippen LogP contribution is 2.08. The van der Waals surface area contributed by atoms with Gasteiger partial charge in [-0.2, -0.15) is 5.10 Å². The molecule has 3 nitrogen and oxygen atoms in total. The lowest BCUT2D eigenvalue weighted by atomic mass is 10.1. The highest BCUT2D eigenvalue weighted by atomic mass is 15.3. The number of hydrogen-bond acceptors (Lipinski definition) is 2. The summed E-state index contributed by atoms with van der Waals surface area (Å²) in [5.41, 5.74) is 1.23. The van der Waals surface area contributed by atoms with Gasteiger partial charge in [-0.05, 0) is 25.5 Å². The zero-order valence-electron chi connectivity index (χ0n) is 11.5. The largest absolute Gasteiger partial charge is 0.309 e. The summed E-state index contributed by atoms with van der Waals surface area (Å²) >= 11 is 0. The SMILES string of the molecule is C[C@H](NC/C=C/c1ccccc1)[C@@H](C)n1cccn1. The second-order valence-electron chi connectivity index (χ2n) is 4.74. The van der Waals surface area contributed by atoms with Crippen molar-refractivity contribution in [1.29, 1.82) is 0 Å². The lowest BCUT2D eigenvalue weighted by Gasteiger charge is -2.21. The first-order valence-electron chi connectivity index (χ1n) is 6.71. The molecule has 0 radical (unpaired) electrons. The number of nitrogens with one attached hydrogen (secondary N) is 1. The maximum atomic E-state index is 4.27. The summed E-state index contributed by atoms with van der Waals surface area (Å²) in [5.74, 6) is 0. The predicted molar refractivity (Wildman–Crippen MR) is 79.9 cm³/mol. The van der Waals surface area contributed by atoms with Gasteiger partial charge in [-0.3, -0.25) is 4.68 Å². The number of benzene rings is 1. The predicted octanol–water partition coefficient (Wildman–Crippen LogP) is 3.14. The molecule has 19 heavy (non-hydrogen) atoms. The van der Waals surface area contributed by atoms with Crippen LogP contribution in [-0.4, -0.2) is 22.4 Å². The molecule has 0 aliphatic heterocycles. The maximum Gasteiger partial charge on any atom is 0.0641 e. The van der Waals surface area contributed by atoms with E-state index in [4.69, 9.17) is 0 Å². The highest BCUT2D eigenvalue weighted by molar-refractivity contribution is 5.48. The molecule has 1 heterocycles. The van der Waals surface area contributed by atoms with Crippen LogP contribution in [0.5, 0.6) is 0 Å². The van der Waals surface area contributed by atoms with Gasteiger partial charge in [-0.15, -0.1) is 0 Å². The van der Waals surface area contributed by atoms with Crippen molar-refractivity contribution in [3.8, 4) is 0 Å². The molecule has 1 N–H and O–H groups in total. The summed E-state index contributed by atoms with van der Waals surface area (Å²) in [6.45, 7) is 5.22. The van der Waals surface area contributed by atoms with Crippen molar-refractivity contribution >= 4 is 6.08 Å². The van der Waals surface area contributed by atoms with E-state index < -0.39 is 0 Å². The van der Waals surface area contributed by atoms with Crippen LogP contribution in [0, 0.1) is 0 Å². The molecule has 0 fully saturated rings. The lowest BCUT2D eigenvalue weighted by Crippen LogP contribution is -2.34. The van der Waals surface area contributed by atoms with Crippen LogP contribution in [0.15, 0.2) is 54.9 Å². The average Bonchev–Trinajstić information content (AvgIpc) is 2.98. The molecule has 1 aromatic heterocycles. The summed E-state index contributed by atoms with van der Waals surface area (Å²) in [6, 6.07) is 13.0. The topological polar surface area (TPSA) is 29.9 Å². The fourth-order valence-electron chi connectivity index (χ4n) is 1.93. The Morgan fingerprint density at radius 2 is 2.00 bits per heavy atom. The zero-order chi connectivity index (χ0) is 13.5. The van der Waals surface area contributed by atoms with Gasteiger partial charge >= 0.3 is 0 Å². The van der Waals surface area contributed by atoms with Crippen LogP contribution in [0.25, 0.3) is 6.08 Å². The van der Waals surface area contributed by atoms with Gasteiger partial charge in [-0.1, -0.05) is 42.5 Å². The van der Waals surface area contributed by atoms with Gasteiger partial charge in [-0.25, -0.2) is 0 Å². The monoisotopic (exact) mass is 255 g/mol. The molecule has 0 saturated carbocycles. The van der Waals surface area contributed by atoms with Crippen LogP contribution >= 0.6 is 0 Å². The Hall–Kier alpha value is -1.87. The minimum absolute atomic E-state index is 0.347. The number of rotatable bonds is 6. The van der Waals surface area contributed by atoms with E-state index in [9.17, 15) is 0 Å². The third-order valence-electron chi connectivity index (χ3n) is 3.33. The molecular weight excluding hydrogens is 234 g/mol. The van der Waals surface area contributed by atoms with Crippen molar-refractivity contribution in [2.45, 2.75) is 25.9 Å². The van der Waals surface area contributed by atoms with Gasteiger partial charge in [0.25, 0.3) is 0 Å². The summed E-state index contributed by atoms with van der Waals surface area (Å²) in [6.07, 6.45) is 8.11. The van der Waals surface area contributed by atoms with Crippen molar-refractivity contribution in [2.24, 2.45) is 0 Å². The van der Waals surface area contributed by atoms with Crippen LogP contribution in [0.1, 0.15) is 25.5 Å². The molecule has 1 aromatic carbocycles. The standard InChI is InChI=1S/C16H21N3/c1-14(15(2)19-13-7-12-18-19)17-11-6-10-16-8-4-3-5-9-16/h3-10,12-15,17H,11H2,1-2H3/b10-6+/t14-,15+/m0/s1. The van der Waals surface area contributed by atoms with Crippen LogP contribution in [0.3, 0.4) is 0 Å². The van der Waals surface area contributed by atoms with E-state index in [-0.39, 0.29) is 0 Å². The summed E-state index contributed by atoms with van der Waals surface area (Å²) in [4.78, 5) is 0. The Morgan fingerprint density at radius 3 is 2.68 bits per heavy atom. The van der Waals surface area contributed by atoms with E-state index in [1.54, 1.807) is 0 Å². The Bertz CT molecular complexity index is 488. The Morgan fingerprint density at radius 1 is 1.21 bits per heavy atom. The normalized spacial score (nSPS) is 14.6. The molecule has 0 aliphatic carbocycles. The highest BCUT2D eigenvalue weighted by Gasteiger charge is 2.12. The summed E-state index contributed by atoms with van der Waals surface area (Å²) in [5, 5.41) is 7.76. The molecule has 0 unspecified atom stereocenters. The van der Waals surface area contributed by atoms with Crippen LogP contribution in [0.2, 0.25) is 0 Å². The second kappa shape index (κ2) is 6.90. The van der Waals surface area contributed by atoms with Crippen molar-refractivity contribution in [3.63, 3.8) is 0 Å². The quantitative estimate of drug-likeness (QED) is 0.859. The van der Waals surface area contributed by atoms with Gasteiger partial charge in [0.2, 0.25) is 0 Å². The zero-order valence-corrected chi connectivity index (χ0v) is 11.5. The summed E-state index contributed by atoms with van der Waals surface area (Å²) < 4.78 is 1.98. The molecule has 2 aromatic rings. The van der Waals surface area contributed by atoms with Gasteiger partial charge in [0.05, 0.1) is 6.04 Å². The van der Waals surface area contributed by atoms with E-state index in [0.29, 0.717) is 12.1 Å². The van der Waals surface area contributed by atoms with E-state index >= 15 is 0 Å². The first-order valence-corrected chi connectivity index (χ1v) is 6.71. The lowest BCUT2D eigenvalue weighted by molar-refractivity contribution is 0.376. The van der Waals surface area contributed by atoms with Gasteiger partial charge < -0.3 is 5.32 Å². The fraction of sp³-hybridized carbons (Fsp3) is 0.312. The average molecular weight is 255 g/mol. The Labute approximate surface area is 115 Å². The van der Waals surface area contributed by atoms with Gasteiger partial charge in [0, 0.05) is 25.0 Å². The van der Waals surface area contributed by atoms with Crippen molar-refractivity contribution in [1.82, 2.24) is 15.1 Å². The third kappa shape index (κ3) is 4.07. The van der Waals surface area contributed by atoms with Crippen molar-refractivity contribution in [3.05, 3.63) is 60.4 Å². The third-order valence-corrected chi connectivity index (χ3v) is 3.33. The molecule has 2 atom stereocenters. The first kappa shape index (κ1) is 13.6. The minimum Gasteiger partial charge on any atom is -0.309 e. The van der Waals surface area contributed by atoms with E-state index in [0.717, 1.165) is 6.54 Å². The van der Waals surface area contributed by atoms with Crippen molar-refractivity contribution < 1.29 is 0 Å². The Kier molecular flexibility index (Phi) is 4.93. The molecule has 100 valence electrons. The van der Waals surface area contributed by atoms with Crippen LogP contribution in [0.4, 0.5) is 0 Å². The Balaban J connectivity index is 1.78. The van der Waals surface area contributed by atoms with E-state index in [1.165, 1.54) is 5.56 Å². The number of aromatic nitrogens is 2. The number of hydrogen-bond donors (Lipinski definition) is 1. The second-order valence-corrected chi connectivity index (χ2v) is 4.74. The smallest absolute Gasteiger partial charge is 0.0641 e. The molecular formula is C16H21N3. The van der Waals surface area contributed by atoms with E-state index in [1.807, 2.05) is 29.2 Å². The van der Waals surface area contributed by atoms with E-state index in [2.05, 4.69) is 60.7 Å². The van der Waals surface area contributed by atoms with Crippen molar-refractivity contribution in [2.75, 3.05) is 6.54 Å². The molecule has 2 rings (SSSR count). The maximum absolute atomic E-state index is 4.27. The minimum atomic E-state index is 0.347. The van der Waals surface area contributed by atoms with Gasteiger partial charge in [0.1, 0.15) is 0 Å². The van der Waals surface area contributed by atoms with Crippen LogP contribution in [-0.2, 0) is 0 Å².